The van der Waals surface area contributed by atoms with Gasteiger partial charge in [0.1, 0.15) is 0 Å². The number of methoxy groups -OCH3 is 1. The highest BCUT2D eigenvalue weighted by Crippen LogP contribution is 2.30. The summed E-state index contributed by atoms with van der Waals surface area (Å²) < 4.78 is 34.6. The molecule has 0 aromatic heterocycles. The molecule has 1 atom stereocenters. The summed E-state index contributed by atoms with van der Waals surface area (Å²) >= 11 is 0. The van der Waals surface area contributed by atoms with E-state index in [2.05, 4.69) is 15.0 Å². The van der Waals surface area contributed by atoms with Crippen LogP contribution in [-0.2, 0) is 11.3 Å². The molecule has 2 rings (SSSR count). The van der Waals surface area contributed by atoms with Crippen molar-refractivity contribution in [2.75, 3.05) is 33.3 Å². The lowest BCUT2D eigenvalue weighted by atomic mass is 9.96. The van der Waals surface area contributed by atoms with Gasteiger partial charge in [-0.25, -0.2) is 0 Å². The number of nitrogens with zero attached hydrogens (tertiary/aromatic N) is 1. The molecule has 1 amide bonds. The molecule has 0 saturated carbocycles. The molecule has 0 bridgehead atoms. The summed E-state index contributed by atoms with van der Waals surface area (Å²) in [5.74, 6) is 0.230. The molecule has 1 aromatic carbocycles. The van der Waals surface area contributed by atoms with E-state index in [1.165, 1.54) is 7.11 Å². The fourth-order valence-corrected chi connectivity index (χ4v) is 3.02. The van der Waals surface area contributed by atoms with Crippen molar-refractivity contribution in [1.29, 1.82) is 0 Å². The van der Waals surface area contributed by atoms with Crippen molar-refractivity contribution >= 4 is 5.91 Å². The molecule has 1 aliphatic rings. The van der Waals surface area contributed by atoms with E-state index in [1.54, 1.807) is 12.1 Å². The number of rotatable bonds is 8. The van der Waals surface area contributed by atoms with E-state index >= 15 is 0 Å². The van der Waals surface area contributed by atoms with Gasteiger partial charge in [-0.1, -0.05) is 6.07 Å². The third-order valence-corrected chi connectivity index (χ3v) is 4.17. The van der Waals surface area contributed by atoms with Gasteiger partial charge in [-0.15, -0.1) is 0 Å². The second-order valence-corrected chi connectivity index (χ2v) is 6.02. The van der Waals surface area contributed by atoms with E-state index in [0.717, 1.165) is 24.9 Å². The minimum Gasteiger partial charge on any atom is -0.493 e. The van der Waals surface area contributed by atoms with Crippen LogP contribution in [0, 0.1) is 5.92 Å². The molecule has 6 nitrogen and oxygen atoms in total. The van der Waals surface area contributed by atoms with Gasteiger partial charge < -0.3 is 20.5 Å². The average molecular weight is 357 g/mol. The summed E-state index contributed by atoms with van der Waals surface area (Å²) in [5.41, 5.74) is 6.24. The van der Waals surface area contributed by atoms with Crippen LogP contribution < -0.4 is 20.5 Å². The van der Waals surface area contributed by atoms with Gasteiger partial charge in [0.15, 0.2) is 11.5 Å². The van der Waals surface area contributed by atoms with Gasteiger partial charge >= 0.3 is 6.61 Å². The molecule has 0 radical (unpaired) electrons. The van der Waals surface area contributed by atoms with Gasteiger partial charge in [-0.3, -0.25) is 9.69 Å². The number of alkyl halides is 2. The Balaban J connectivity index is 1.99. The second kappa shape index (κ2) is 9.53. The highest BCUT2D eigenvalue weighted by molar-refractivity contribution is 5.78. The van der Waals surface area contributed by atoms with Gasteiger partial charge in [0.2, 0.25) is 5.91 Å². The molecule has 8 heteroatoms. The predicted octanol–water partition coefficient (Wildman–Crippen LogP) is 1.58. The van der Waals surface area contributed by atoms with Crippen LogP contribution in [0.1, 0.15) is 18.4 Å². The van der Waals surface area contributed by atoms with E-state index in [9.17, 15) is 13.6 Å². The molecule has 1 fully saturated rings. The first-order valence-electron chi connectivity index (χ1n) is 8.35. The van der Waals surface area contributed by atoms with Crippen molar-refractivity contribution in [2.45, 2.75) is 26.0 Å². The summed E-state index contributed by atoms with van der Waals surface area (Å²) in [5, 5.41) is 2.82. The monoisotopic (exact) mass is 357 g/mol. The van der Waals surface area contributed by atoms with Crippen LogP contribution in [0.4, 0.5) is 8.78 Å². The van der Waals surface area contributed by atoms with Crippen LogP contribution in [0.5, 0.6) is 11.5 Å². The lowest BCUT2D eigenvalue weighted by Gasteiger charge is -2.32. The van der Waals surface area contributed by atoms with Crippen LogP contribution in [-0.4, -0.2) is 50.7 Å². The van der Waals surface area contributed by atoms with E-state index in [0.29, 0.717) is 26.2 Å². The quantitative estimate of drug-likeness (QED) is 0.739. The molecular formula is C17H25F2N3O3. The van der Waals surface area contributed by atoms with E-state index in [1.807, 2.05) is 6.07 Å². The predicted molar refractivity (Wildman–Crippen MR) is 89.7 cm³/mol. The van der Waals surface area contributed by atoms with Crippen LogP contribution in [0.25, 0.3) is 0 Å². The summed E-state index contributed by atoms with van der Waals surface area (Å²) in [6.45, 7) is 0.0354. The maximum absolute atomic E-state index is 12.5. The van der Waals surface area contributed by atoms with E-state index < -0.39 is 6.61 Å². The lowest BCUT2D eigenvalue weighted by Crippen LogP contribution is -2.43. The number of ether oxygens (including phenoxy) is 2. The number of halogens is 2. The fourth-order valence-electron chi connectivity index (χ4n) is 3.02. The first-order valence-corrected chi connectivity index (χ1v) is 8.35. The van der Waals surface area contributed by atoms with Gasteiger partial charge in [-0.2, -0.15) is 8.78 Å². The fraction of sp³-hybridized carbons (Fsp3) is 0.588. The number of nitrogens with one attached hydrogen (secondary N) is 1. The number of benzene rings is 1. The summed E-state index contributed by atoms with van der Waals surface area (Å²) in [7, 11) is 1.41. The van der Waals surface area contributed by atoms with Gasteiger partial charge in [-0.05, 0) is 37.1 Å². The number of hydrogen-bond donors (Lipinski definition) is 2. The molecule has 0 spiro atoms. The van der Waals surface area contributed by atoms with Crippen molar-refractivity contribution in [1.82, 2.24) is 10.2 Å². The van der Waals surface area contributed by atoms with Crippen LogP contribution >= 0.6 is 0 Å². The minimum absolute atomic E-state index is 0.0178. The van der Waals surface area contributed by atoms with Crippen LogP contribution in [0.2, 0.25) is 0 Å². The Morgan fingerprint density at radius 3 is 2.92 bits per heavy atom. The minimum atomic E-state index is -2.91. The molecule has 1 saturated heterocycles. The lowest BCUT2D eigenvalue weighted by molar-refractivity contribution is -0.126. The first-order chi connectivity index (χ1) is 12.0. The Morgan fingerprint density at radius 1 is 1.44 bits per heavy atom. The standard InChI is InChI=1S/C17H25F2N3O3/c1-24-14-5-4-12(9-15(14)25-17(18)19)10-22-8-2-3-13(11-22)16(23)21-7-6-20/h4-5,9,13,17H,2-3,6-8,10-11,20H2,1H3,(H,21,23). The molecule has 1 heterocycles. The normalized spacial score (nSPS) is 18.2. The SMILES string of the molecule is COc1ccc(CN2CCCC(C(=O)NCCN)C2)cc1OC(F)F. The summed E-state index contributed by atoms with van der Waals surface area (Å²) in [4.78, 5) is 14.2. The molecule has 25 heavy (non-hydrogen) atoms. The third-order valence-electron chi connectivity index (χ3n) is 4.17. The number of likely N-dealkylation sites (tertiary alicyclic amines) is 1. The van der Waals surface area contributed by atoms with Crippen molar-refractivity contribution in [3.8, 4) is 11.5 Å². The molecule has 140 valence electrons. The topological polar surface area (TPSA) is 76.8 Å². The molecule has 0 aliphatic carbocycles. The Labute approximate surface area is 146 Å². The van der Waals surface area contributed by atoms with E-state index in [-0.39, 0.29) is 23.3 Å². The van der Waals surface area contributed by atoms with Crippen molar-refractivity contribution < 1.29 is 23.0 Å². The van der Waals surface area contributed by atoms with Crippen molar-refractivity contribution in [3.05, 3.63) is 23.8 Å². The highest BCUT2D eigenvalue weighted by Gasteiger charge is 2.25. The highest BCUT2D eigenvalue weighted by atomic mass is 19.3. The first kappa shape index (κ1) is 19.4. The Morgan fingerprint density at radius 2 is 2.24 bits per heavy atom. The average Bonchev–Trinajstić information content (AvgIpc) is 2.59. The number of nitrogens with two attached hydrogens (primary N) is 1. The zero-order valence-electron chi connectivity index (χ0n) is 14.3. The molecular weight excluding hydrogens is 332 g/mol. The maximum Gasteiger partial charge on any atom is 0.387 e. The molecule has 1 aliphatic heterocycles. The molecule has 1 unspecified atom stereocenters. The smallest absolute Gasteiger partial charge is 0.387 e. The number of piperidine rings is 1. The molecule has 3 N–H and O–H groups in total. The molecule has 1 aromatic rings. The number of amides is 1. The number of hydrogen-bond acceptors (Lipinski definition) is 5. The second-order valence-electron chi connectivity index (χ2n) is 6.02. The maximum atomic E-state index is 12.5. The van der Waals surface area contributed by atoms with E-state index in [4.69, 9.17) is 10.5 Å². The summed E-state index contributed by atoms with van der Waals surface area (Å²) in [6.07, 6.45) is 1.76. The summed E-state index contributed by atoms with van der Waals surface area (Å²) in [6, 6.07) is 4.99. The third kappa shape index (κ3) is 5.82. The Bertz CT molecular complexity index is 572. The van der Waals surface area contributed by atoms with Crippen molar-refractivity contribution in [3.63, 3.8) is 0 Å². The van der Waals surface area contributed by atoms with Gasteiger partial charge in [0.25, 0.3) is 0 Å². The Kier molecular flexibility index (Phi) is 7.39. The largest absolute Gasteiger partial charge is 0.493 e. The van der Waals surface area contributed by atoms with Gasteiger partial charge in [0, 0.05) is 26.2 Å². The zero-order valence-corrected chi connectivity index (χ0v) is 14.3. The number of carbonyl (C=O) groups excluding carboxylic acids is 1. The zero-order chi connectivity index (χ0) is 18.2. The number of carbonyl (C=O) groups is 1. The van der Waals surface area contributed by atoms with Crippen molar-refractivity contribution in [2.24, 2.45) is 11.7 Å². The Hall–Kier alpha value is -1.93. The van der Waals surface area contributed by atoms with Crippen LogP contribution in [0.15, 0.2) is 18.2 Å². The van der Waals surface area contributed by atoms with Gasteiger partial charge in [0.05, 0.1) is 13.0 Å². The van der Waals surface area contributed by atoms with Crippen LogP contribution in [0.3, 0.4) is 0 Å².